The van der Waals surface area contributed by atoms with E-state index in [0.29, 0.717) is 17.5 Å². The summed E-state index contributed by atoms with van der Waals surface area (Å²) in [5.41, 5.74) is 0.391. The van der Waals surface area contributed by atoms with E-state index in [2.05, 4.69) is 36.0 Å². The van der Waals surface area contributed by atoms with Gasteiger partial charge in [0, 0.05) is 24.0 Å². The van der Waals surface area contributed by atoms with E-state index in [-0.39, 0.29) is 5.69 Å². The molecule has 0 amide bonds. The second-order valence-corrected chi connectivity index (χ2v) is 5.18. The second-order valence-electron chi connectivity index (χ2n) is 4.53. The van der Waals surface area contributed by atoms with Crippen molar-refractivity contribution in [2.75, 3.05) is 16.8 Å². The Labute approximate surface area is 112 Å². The second kappa shape index (κ2) is 4.38. The predicted octanol–water partition coefficient (Wildman–Crippen LogP) is 1.09. The van der Waals surface area contributed by atoms with Crippen molar-refractivity contribution in [2.24, 2.45) is 0 Å². The summed E-state index contributed by atoms with van der Waals surface area (Å²) in [6, 6.07) is 2.34. The number of aromatic amines is 1. The van der Waals surface area contributed by atoms with E-state index in [1.807, 2.05) is 13.0 Å². The van der Waals surface area contributed by atoms with Crippen LogP contribution in [0.15, 0.2) is 10.9 Å². The van der Waals surface area contributed by atoms with Crippen LogP contribution in [0.4, 0.5) is 5.82 Å². The van der Waals surface area contributed by atoms with Gasteiger partial charge in [0.15, 0.2) is 5.65 Å². The standard InChI is InChI=1S/C11H14BrN5O/c1-7-13-9(16-4-2-3-8(16)6-12)5-10-14-15-11(18)17(7)10/h5,8H,2-4,6H2,1H3,(H,15,18). The Morgan fingerprint density at radius 2 is 2.44 bits per heavy atom. The highest BCUT2D eigenvalue weighted by atomic mass is 79.9. The maximum Gasteiger partial charge on any atom is 0.349 e. The first-order valence-corrected chi connectivity index (χ1v) is 7.10. The van der Waals surface area contributed by atoms with Crippen molar-refractivity contribution in [2.45, 2.75) is 25.8 Å². The van der Waals surface area contributed by atoms with E-state index >= 15 is 0 Å². The molecule has 0 saturated carbocycles. The highest BCUT2D eigenvalue weighted by Gasteiger charge is 2.25. The number of hydrogen-bond donors (Lipinski definition) is 1. The molecule has 1 atom stereocenters. The number of nitrogens with one attached hydrogen (secondary N) is 1. The summed E-state index contributed by atoms with van der Waals surface area (Å²) in [5, 5.41) is 7.40. The van der Waals surface area contributed by atoms with Crippen LogP contribution in [0.2, 0.25) is 0 Å². The Balaban J connectivity index is 2.10. The molecular formula is C11H14BrN5O. The number of aryl methyl sites for hydroxylation is 1. The molecule has 3 rings (SSSR count). The van der Waals surface area contributed by atoms with Crippen LogP contribution in [0.3, 0.4) is 0 Å². The molecule has 2 aromatic heterocycles. The number of H-pyrrole nitrogens is 1. The maximum absolute atomic E-state index is 11.5. The molecule has 1 aliphatic rings. The molecule has 0 radical (unpaired) electrons. The fourth-order valence-electron chi connectivity index (χ4n) is 2.53. The summed E-state index contributed by atoms with van der Waals surface area (Å²) >= 11 is 3.54. The third kappa shape index (κ3) is 1.73. The van der Waals surface area contributed by atoms with Crippen molar-refractivity contribution in [3.05, 3.63) is 22.4 Å². The lowest BCUT2D eigenvalue weighted by Crippen LogP contribution is -2.31. The molecule has 1 fully saturated rings. The van der Waals surface area contributed by atoms with E-state index in [4.69, 9.17) is 0 Å². The van der Waals surface area contributed by atoms with Crippen molar-refractivity contribution in [1.29, 1.82) is 0 Å². The number of nitrogens with zero attached hydrogens (tertiary/aromatic N) is 4. The number of halogens is 1. The highest BCUT2D eigenvalue weighted by molar-refractivity contribution is 9.09. The number of rotatable bonds is 2. The molecule has 0 aromatic carbocycles. The highest BCUT2D eigenvalue weighted by Crippen LogP contribution is 2.25. The van der Waals surface area contributed by atoms with Gasteiger partial charge in [0.2, 0.25) is 0 Å². The van der Waals surface area contributed by atoms with Crippen LogP contribution >= 0.6 is 15.9 Å². The van der Waals surface area contributed by atoms with Gasteiger partial charge in [-0.1, -0.05) is 15.9 Å². The minimum Gasteiger partial charge on any atom is -0.353 e. The SMILES string of the molecule is Cc1nc(N2CCCC2CBr)cc2n[nH]c(=O)n12. The van der Waals surface area contributed by atoms with Crippen LogP contribution in [0.25, 0.3) is 5.65 Å². The van der Waals surface area contributed by atoms with Gasteiger partial charge in [-0.15, -0.1) is 0 Å². The van der Waals surface area contributed by atoms with Crippen LogP contribution in [-0.4, -0.2) is 37.5 Å². The molecule has 1 unspecified atom stereocenters. The monoisotopic (exact) mass is 311 g/mol. The zero-order valence-corrected chi connectivity index (χ0v) is 11.6. The van der Waals surface area contributed by atoms with Gasteiger partial charge in [-0.3, -0.25) is 0 Å². The predicted molar refractivity (Wildman–Crippen MR) is 72.5 cm³/mol. The topological polar surface area (TPSA) is 66.3 Å². The number of aromatic nitrogens is 4. The third-order valence-corrected chi connectivity index (χ3v) is 4.15. The molecule has 0 aliphatic carbocycles. The van der Waals surface area contributed by atoms with E-state index < -0.39 is 0 Å². The average molecular weight is 312 g/mol. The number of hydrogen-bond acceptors (Lipinski definition) is 4. The summed E-state index contributed by atoms with van der Waals surface area (Å²) in [6.45, 7) is 2.83. The first-order chi connectivity index (χ1) is 8.70. The zero-order chi connectivity index (χ0) is 12.7. The molecule has 2 aromatic rings. The lowest BCUT2D eigenvalue weighted by molar-refractivity contribution is 0.737. The molecule has 18 heavy (non-hydrogen) atoms. The first kappa shape index (κ1) is 11.7. The van der Waals surface area contributed by atoms with Gasteiger partial charge in [-0.25, -0.2) is 19.3 Å². The Morgan fingerprint density at radius 1 is 1.61 bits per heavy atom. The van der Waals surface area contributed by atoms with E-state index in [9.17, 15) is 4.79 Å². The molecule has 6 nitrogen and oxygen atoms in total. The van der Waals surface area contributed by atoms with Gasteiger partial charge < -0.3 is 4.90 Å². The van der Waals surface area contributed by atoms with Gasteiger partial charge in [-0.05, 0) is 19.8 Å². The normalized spacial score (nSPS) is 19.9. The molecule has 0 bridgehead atoms. The number of anilines is 1. The largest absolute Gasteiger partial charge is 0.353 e. The van der Waals surface area contributed by atoms with Gasteiger partial charge in [-0.2, -0.15) is 5.10 Å². The fourth-order valence-corrected chi connectivity index (χ4v) is 3.20. The van der Waals surface area contributed by atoms with Gasteiger partial charge in [0.25, 0.3) is 0 Å². The van der Waals surface area contributed by atoms with Crippen LogP contribution in [0.1, 0.15) is 18.7 Å². The summed E-state index contributed by atoms with van der Waals surface area (Å²) in [7, 11) is 0. The first-order valence-electron chi connectivity index (χ1n) is 5.98. The average Bonchev–Trinajstić information content (AvgIpc) is 2.95. The van der Waals surface area contributed by atoms with Crippen LogP contribution in [0, 0.1) is 6.92 Å². The minimum absolute atomic E-state index is 0.236. The molecule has 0 spiro atoms. The molecular weight excluding hydrogens is 298 g/mol. The number of alkyl halides is 1. The van der Waals surface area contributed by atoms with Crippen LogP contribution < -0.4 is 10.6 Å². The molecule has 7 heteroatoms. The zero-order valence-electron chi connectivity index (χ0n) is 10.1. The fraction of sp³-hybridized carbons (Fsp3) is 0.545. The molecule has 1 aliphatic heterocycles. The summed E-state index contributed by atoms with van der Waals surface area (Å²) < 4.78 is 1.49. The van der Waals surface area contributed by atoms with Crippen molar-refractivity contribution >= 4 is 27.4 Å². The lowest BCUT2D eigenvalue weighted by Gasteiger charge is -2.24. The van der Waals surface area contributed by atoms with Gasteiger partial charge >= 0.3 is 5.69 Å². The molecule has 1 saturated heterocycles. The number of fused-ring (bicyclic) bond motifs is 1. The maximum atomic E-state index is 11.5. The van der Waals surface area contributed by atoms with E-state index in [1.165, 1.54) is 17.2 Å². The van der Waals surface area contributed by atoms with Crippen molar-refractivity contribution in [3.63, 3.8) is 0 Å². The Bertz CT molecular complexity index is 634. The lowest BCUT2D eigenvalue weighted by atomic mass is 10.2. The van der Waals surface area contributed by atoms with Gasteiger partial charge in [0.05, 0.1) is 0 Å². The smallest absolute Gasteiger partial charge is 0.349 e. The van der Waals surface area contributed by atoms with Crippen molar-refractivity contribution < 1.29 is 0 Å². The van der Waals surface area contributed by atoms with E-state index in [1.54, 1.807) is 0 Å². The Hall–Kier alpha value is -1.37. The van der Waals surface area contributed by atoms with Crippen LogP contribution in [0.5, 0.6) is 0 Å². The quantitative estimate of drug-likeness (QED) is 0.843. The third-order valence-electron chi connectivity index (χ3n) is 3.41. The summed E-state index contributed by atoms with van der Waals surface area (Å²) in [4.78, 5) is 18.3. The minimum atomic E-state index is -0.236. The molecule has 3 heterocycles. The van der Waals surface area contributed by atoms with Gasteiger partial charge in [0.1, 0.15) is 11.6 Å². The Kier molecular flexibility index (Phi) is 2.85. The molecule has 96 valence electrons. The van der Waals surface area contributed by atoms with Crippen molar-refractivity contribution in [1.82, 2.24) is 19.6 Å². The Morgan fingerprint density at radius 3 is 3.22 bits per heavy atom. The summed E-state index contributed by atoms with van der Waals surface area (Å²) in [6.07, 6.45) is 2.35. The summed E-state index contributed by atoms with van der Waals surface area (Å²) in [5.74, 6) is 1.57. The molecule has 1 N–H and O–H groups in total. The van der Waals surface area contributed by atoms with Crippen LogP contribution in [-0.2, 0) is 0 Å². The van der Waals surface area contributed by atoms with E-state index in [0.717, 1.165) is 17.7 Å². The van der Waals surface area contributed by atoms with Crippen molar-refractivity contribution in [3.8, 4) is 0 Å².